The molecule has 1 saturated heterocycles. The highest BCUT2D eigenvalue weighted by atomic mass is 16.1. The molecule has 2 N–H and O–H groups in total. The van der Waals surface area contributed by atoms with Gasteiger partial charge in [-0.1, -0.05) is 26.2 Å². The van der Waals surface area contributed by atoms with Crippen LogP contribution in [0.15, 0.2) is 0 Å². The molecular weight excluding hydrogens is 224 g/mol. The molecule has 1 saturated carbocycles. The van der Waals surface area contributed by atoms with Crippen LogP contribution in [0.3, 0.4) is 0 Å². The van der Waals surface area contributed by atoms with Gasteiger partial charge in [0.1, 0.15) is 0 Å². The van der Waals surface area contributed by atoms with Crippen LogP contribution in [0.1, 0.15) is 58.8 Å². The molecule has 0 aromatic rings. The molecule has 2 unspecified atom stereocenters. The molecule has 2 atom stereocenters. The Balaban J connectivity index is 1.76. The van der Waals surface area contributed by atoms with Gasteiger partial charge in [-0.05, 0) is 44.6 Å². The number of piperidine rings is 1. The standard InChI is InChI=1S/C15H28N2O/c1-12-10-13(6-9-16-12)14(18)17-11-15(2)7-4-3-5-8-15/h12-13,16H,3-11H2,1-2H3,(H,17,18). The lowest BCUT2D eigenvalue weighted by Gasteiger charge is -2.35. The van der Waals surface area contributed by atoms with Gasteiger partial charge < -0.3 is 10.6 Å². The molecule has 1 aliphatic heterocycles. The van der Waals surface area contributed by atoms with Gasteiger partial charge in [0.2, 0.25) is 5.91 Å². The number of amides is 1. The summed E-state index contributed by atoms with van der Waals surface area (Å²) in [6.45, 7) is 6.36. The average Bonchev–Trinajstić information content (AvgIpc) is 2.37. The Kier molecular flexibility index (Phi) is 4.66. The van der Waals surface area contributed by atoms with Gasteiger partial charge in [0.05, 0.1) is 0 Å². The predicted molar refractivity (Wildman–Crippen MR) is 74.4 cm³/mol. The summed E-state index contributed by atoms with van der Waals surface area (Å²) in [6, 6.07) is 0.486. The van der Waals surface area contributed by atoms with Crippen LogP contribution in [0.5, 0.6) is 0 Å². The number of hydrogen-bond acceptors (Lipinski definition) is 2. The van der Waals surface area contributed by atoms with Crippen LogP contribution in [0.2, 0.25) is 0 Å². The van der Waals surface area contributed by atoms with Crippen molar-refractivity contribution in [1.29, 1.82) is 0 Å². The maximum absolute atomic E-state index is 12.2. The Morgan fingerprint density at radius 1 is 1.33 bits per heavy atom. The maximum Gasteiger partial charge on any atom is 0.223 e. The zero-order chi connectivity index (χ0) is 13.0. The molecule has 18 heavy (non-hydrogen) atoms. The van der Waals surface area contributed by atoms with E-state index in [1.165, 1.54) is 32.1 Å². The van der Waals surface area contributed by atoms with E-state index in [4.69, 9.17) is 0 Å². The van der Waals surface area contributed by atoms with Crippen molar-refractivity contribution in [1.82, 2.24) is 10.6 Å². The van der Waals surface area contributed by atoms with E-state index < -0.39 is 0 Å². The third-order valence-corrected chi connectivity index (χ3v) is 4.74. The van der Waals surface area contributed by atoms with E-state index >= 15 is 0 Å². The van der Waals surface area contributed by atoms with Crippen LogP contribution < -0.4 is 10.6 Å². The summed E-state index contributed by atoms with van der Waals surface area (Å²) in [4.78, 5) is 12.2. The molecule has 104 valence electrons. The minimum atomic E-state index is 0.230. The summed E-state index contributed by atoms with van der Waals surface area (Å²) >= 11 is 0. The van der Waals surface area contributed by atoms with Crippen molar-refractivity contribution in [3.05, 3.63) is 0 Å². The lowest BCUT2D eigenvalue weighted by Crippen LogP contribution is -2.45. The van der Waals surface area contributed by atoms with Gasteiger partial charge in [-0.3, -0.25) is 4.79 Å². The number of carbonyl (C=O) groups is 1. The molecule has 0 radical (unpaired) electrons. The fraction of sp³-hybridized carbons (Fsp3) is 0.933. The molecule has 0 aromatic carbocycles. The van der Waals surface area contributed by atoms with Crippen LogP contribution in [0.25, 0.3) is 0 Å². The van der Waals surface area contributed by atoms with Crippen molar-refractivity contribution in [2.75, 3.05) is 13.1 Å². The molecule has 1 aliphatic carbocycles. The van der Waals surface area contributed by atoms with E-state index in [0.717, 1.165) is 25.9 Å². The molecule has 0 bridgehead atoms. The highest BCUT2D eigenvalue weighted by Gasteiger charge is 2.29. The second-order valence-electron chi connectivity index (χ2n) is 6.67. The van der Waals surface area contributed by atoms with E-state index in [0.29, 0.717) is 11.5 Å². The molecule has 2 fully saturated rings. The minimum absolute atomic E-state index is 0.230. The normalized spacial score (nSPS) is 31.9. The number of carbonyl (C=O) groups excluding carboxylic acids is 1. The average molecular weight is 252 g/mol. The van der Waals surface area contributed by atoms with E-state index in [1.807, 2.05) is 0 Å². The fourth-order valence-electron chi connectivity index (χ4n) is 3.40. The van der Waals surface area contributed by atoms with Crippen molar-refractivity contribution >= 4 is 5.91 Å². The quantitative estimate of drug-likeness (QED) is 0.810. The summed E-state index contributed by atoms with van der Waals surface area (Å²) in [5.74, 6) is 0.517. The highest BCUT2D eigenvalue weighted by Crippen LogP contribution is 2.35. The number of rotatable bonds is 3. The van der Waals surface area contributed by atoms with Gasteiger partial charge in [-0.25, -0.2) is 0 Å². The number of hydrogen-bond donors (Lipinski definition) is 2. The summed E-state index contributed by atoms with van der Waals surface area (Å²) in [7, 11) is 0. The Bertz CT molecular complexity index is 284. The second kappa shape index (κ2) is 6.05. The summed E-state index contributed by atoms with van der Waals surface area (Å²) < 4.78 is 0. The molecule has 0 spiro atoms. The van der Waals surface area contributed by atoms with Gasteiger partial charge in [0.15, 0.2) is 0 Å². The monoisotopic (exact) mass is 252 g/mol. The maximum atomic E-state index is 12.2. The van der Waals surface area contributed by atoms with Crippen LogP contribution in [0.4, 0.5) is 0 Å². The minimum Gasteiger partial charge on any atom is -0.355 e. The number of nitrogens with one attached hydrogen (secondary N) is 2. The van der Waals surface area contributed by atoms with Crippen molar-refractivity contribution < 1.29 is 4.79 Å². The Morgan fingerprint density at radius 3 is 2.72 bits per heavy atom. The summed E-state index contributed by atoms with van der Waals surface area (Å²) in [5.41, 5.74) is 0.354. The smallest absolute Gasteiger partial charge is 0.223 e. The van der Waals surface area contributed by atoms with Crippen LogP contribution in [-0.2, 0) is 4.79 Å². The van der Waals surface area contributed by atoms with Crippen molar-refractivity contribution in [2.24, 2.45) is 11.3 Å². The Labute approximate surface area is 111 Å². The third-order valence-electron chi connectivity index (χ3n) is 4.74. The lowest BCUT2D eigenvalue weighted by atomic mass is 9.75. The molecule has 2 rings (SSSR count). The summed E-state index contributed by atoms with van der Waals surface area (Å²) in [5, 5.41) is 6.62. The van der Waals surface area contributed by atoms with E-state index in [2.05, 4.69) is 24.5 Å². The van der Waals surface area contributed by atoms with Gasteiger partial charge in [0.25, 0.3) is 0 Å². The zero-order valence-corrected chi connectivity index (χ0v) is 11.9. The van der Waals surface area contributed by atoms with E-state index in [9.17, 15) is 4.79 Å². The van der Waals surface area contributed by atoms with Crippen molar-refractivity contribution in [3.63, 3.8) is 0 Å². The van der Waals surface area contributed by atoms with Gasteiger partial charge in [-0.15, -0.1) is 0 Å². The first-order valence-electron chi connectivity index (χ1n) is 7.60. The molecular formula is C15H28N2O. The molecule has 1 heterocycles. The first-order chi connectivity index (χ1) is 8.59. The predicted octanol–water partition coefficient (Wildman–Crippen LogP) is 2.46. The van der Waals surface area contributed by atoms with Crippen LogP contribution in [0, 0.1) is 11.3 Å². The first-order valence-corrected chi connectivity index (χ1v) is 7.60. The highest BCUT2D eigenvalue weighted by molar-refractivity contribution is 5.78. The van der Waals surface area contributed by atoms with Crippen LogP contribution in [-0.4, -0.2) is 25.0 Å². The van der Waals surface area contributed by atoms with Gasteiger partial charge >= 0.3 is 0 Å². The second-order valence-corrected chi connectivity index (χ2v) is 6.67. The molecule has 3 nitrogen and oxygen atoms in total. The van der Waals surface area contributed by atoms with Gasteiger partial charge in [-0.2, -0.15) is 0 Å². The SMILES string of the molecule is CC1CC(C(=O)NCC2(C)CCCCC2)CCN1. The molecule has 0 aromatic heterocycles. The first kappa shape index (κ1) is 13.9. The molecule has 3 heteroatoms. The van der Waals surface area contributed by atoms with Crippen LogP contribution >= 0.6 is 0 Å². The summed E-state index contributed by atoms with van der Waals surface area (Å²) in [6.07, 6.45) is 8.56. The van der Waals surface area contributed by atoms with E-state index in [-0.39, 0.29) is 11.8 Å². The molecule has 2 aliphatic rings. The third kappa shape index (κ3) is 3.71. The Morgan fingerprint density at radius 2 is 2.06 bits per heavy atom. The topological polar surface area (TPSA) is 41.1 Å². The van der Waals surface area contributed by atoms with Crippen molar-refractivity contribution in [3.8, 4) is 0 Å². The van der Waals surface area contributed by atoms with Crippen molar-refractivity contribution in [2.45, 2.75) is 64.8 Å². The zero-order valence-electron chi connectivity index (χ0n) is 11.9. The Hall–Kier alpha value is -0.570. The fourth-order valence-corrected chi connectivity index (χ4v) is 3.40. The van der Waals surface area contributed by atoms with Gasteiger partial charge in [0, 0.05) is 18.5 Å². The van der Waals surface area contributed by atoms with E-state index in [1.54, 1.807) is 0 Å². The molecule has 1 amide bonds. The largest absolute Gasteiger partial charge is 0.355 e. The lowest BCUT2D eigenvalue weighted by molar-refractivity contribution is -0.126.